The summed E-state index contributed by atoms with van der Waals surface area (Å²) in [4.78, 5) is 23.8. The SMILES string of the molecule is C[C@]1(C(N)=O)Sc2ccccc2NC1=O. The molecule has 15 heavy (non-hydrogen) atoms. The average Bonchev–Trinajstić information content (AvgIpc) is 2.19. The minimum atomic E-state index is -1.21. The van der Waals surface area contributed by atoms with Crippen molar-refractivity contribution in [2.45, 2.75) is 16.6 Å². The molecule has 0 spiro atoms. The van der Waals surface area contributed by atoms with Gasteiger partial charge in [-0.1, -0.05) is 23.9 Å². The zero-order valence-electron chi connectivity index (χ0n) is 8.11. The first kappa shape index (κ1) is 10.0. The third kappa shape index (κ3) is 1.48. The number of rotatable bonds is 1. The lowest BCUT2D eigenvalue weighted by Gasteiger charge is -2.30. The second-order valence-electron chi connectivity index (χ2n) is 3.45. The lowest BCUT2D eigenvalue weighted by atomic mass is 10.1. The molecule has 4 nitrogen and oxygen atoms in total. The summed E-state index contributed by atoms with van der Waals surface area (Å²) in [5.74, 6) is -0.988. The number of benzene rings is 1. The number of fused-ring (bicyclic) bond motifs is 1. The maximum Gasteiger partial charge on any atom is 0.250 e. The second kappa shape index (κ2) is 3.27. The molecule has 0 radical (unpaired) electrons. The molecule has 0 aromatic heterocycles. The highest BCUT2D eigenvalue weighted by atomic mass is 32.2. The van der Waals surface area contributed by atoms with Crippen LogP contribution < -0.4 is 11.1 Å². The standard InChI is InChI=1S/C10H10N2O2S/c1-10(8(11)13)9(14)12-6-4-2-3-5-7(6)15-10/h2-5H,1H3,(H2,11,13)(H,12,14)/t10-/m1/s1. The van der Waals surface area contributed by atoms with Gasteiger partial charge < -0.3 is 11.1 Å². The van der Waals surface area contributed by atoms with Crippen molar-refractivity contribution in [2.75, 3.05) is 5.32 Å². The van der Waals surface area contributed by atoms with Crippen molar-refractivity contribution in [3.8, 4) is 0 Å². The zero-order chi connectivity index (χ0) is 11.1. The van der Waals surface area contributed by atoms with Gasteiger partial charge in [0.2, 0.25) is 11.8 Å². The van der Waals surface area contributed by atoms with Crippen molar-refractivity contribution in [1.82, 2.24) is 0 Å². The highest BCUT2D eigenvalue weighted by molar-refractivity contribution is 8.02. The summed E-state index contributed by atoms with van der Waals surface area (Å²) >= 11 is 1.19. The van der Waals surface area contributed by atoms with Crippen LogP contribution in [0.25, 0.3) is 0 Å². The highest BCUT2D eigenvalue weighted by Crippen LogP contribution is 2.41. The van der Waals surface area contributed by atoms with E-state index in [0.29, 0.717) is 0 Å². The number of hydrogen-bond acceptors (Lipinski definition) is 3. The Morgan fingerprint density at radius 1 is 1.47 bits per heavy atom. The van der Waals surface area contributed by atoms with Gasteiger partial charge in [-0.25, -0.2) is 0 Å². The number of thioether (sulfide) groups is 1. The van der Waals surface area contributed by atoms with Gasteiger partial charge in [-0.3, -0.25) is 9.59 Å². The maximum atomic E-state index is 11.7. The summed E-state index contributed by atoms with van der Waals surface area (Å²) < 4.78 is -1.21. The molecule has 0 saturated carbocycles. The molecule has 1 aliphatic rings. The first-order valence-electron chi connectivity index (χ1n) is 4.43. The zero-order valence-corrected chi connectivity index (χ0v) is 8.93. The summed E-state index contributed by atoms with van der Waals surface area (Å²) in [5.41, 5.74) is 5.96. The normalized spacial score (nSPS) is 24.2. The molecule has 1 aromatic carbocycles. The first-order chi connectivity index (χ1) is 7.04. The molecule has 1 atom stereocenters. The Hall–Kier alpha value is -1.49. The number of para-hydroxylation sites is 1. The van der Waals surface area contributed by atoms with Crippen LogP contribution in [0, 0.1) is 0 Å². The highest BCUT2D eigenvalue weighted by Gasteiger charge is 2.44. The minimum Gasteiger partial charge on any atom is -0.368 e. The molecule has 0 saturated heterocycles. The van der Waals surface area contributed by atoms with E-state index in [0.717, 1.165) is 10.6 Å². The number of nitrogens with one attached hydrogen (secondary N) is 1. The van der Waals surface area contributed by atoms with E-state index in [2.05, 4.69) is 5.32 Å². The van der Waals surface area contributed by atoms with Crippen LogP contribution >= 0.6 is 11.8 Å². The lowest BCUT2D eigenvalue weighted by molar-refractivity contribution is -0.127. The number of hydrogen-bond donors (Lipinski definition) is 2. The van der Waals surface area contributed by atoms with Crippen LogP contribution in [-0.2, 0) is 9.59 Å². The monoisotopic (exact) mass is 222 g/mol. The smallest absolute Gasteiger partial charge is 0.250 e. The molecular weight excluding hydrogens is 212 g/mol. The van der Waals surface area contributed by atoms with E-state index in [-0.39, 0.29) is 5.91 Å². The number of anilines is 1. The van der Waals surface area contributed by atoms with Crippen molar-refractivity contribution >= 4 is 29.3 Å². The summed E-state index contributed by atoms with van der Waals surface area (Å²) in [6, 6.07) is 7.32. The van der Waals surface area contributed by atoms with Gasteiger partial charge in [-0.2, -0.15) is 0 Å². The van der Waals surface area contributed by atoms with Gasteiger partial charge in [0.05, 0.1) is 5.69 Å². The molecule has 78 valence electrons. The minimum absolute atomic E-state index is 0.362. The van der Waals surface area contributed by atoms with E-state index in [1.54, 1.807) is 6.07 Å². The summed E-state index contributed by atoms with van der Waals surface area (Å²) in [5, 5.41) is 2.67. The van der Waals surface area contributed by atoms with E-state index >= 15 is 0 Å². The largest absolute Gasteiger partial charge is 0.368 e. The van der Waals surface area contributed by atoms with E-state index in [9.17, 15) is 9.59 Å². The topological polar surface area (TPSA) is 72.2 Å². The van der Waals surface area contributed by atoms with Gasteiger partial charge in [0.1, 0.15) is 0 Å². The molecule has 1 heterocycles. The first-order valence-corrected chi connectivity index (χ1v) is 5.25. The molecule has 5 heteroatoms. The van der Waals surface area contributed by atoms with Crippen LogP contribution in [0.4, 0.5) is 5.69 Å². The maximum absolute atomic E-state index is 11.7. The van der Waals surface area contributed by atoms with Gasteiger partial charge in [0.15, 0.2) is 4.75 Å². The molecule has 0 aliphatic carbocycles. The Morgan fingerprint density at radius 3 is 2.80 bits per heavy atom. The van der Waals surface area contributed by atoms with Crippen molar-refractivity contribution in [1.29, 1.82) is 0 Å². The Kier molecular flexibility index (Phi) is 2.19. The molecule has 1 aromatic rings. The van der Waals surface area contributed by atoms with Crippen molar-refractivity contribution in [2.24, 2.45) is 5.73 Å². The number of carbonyl (C=O) groups is 2. The molecule has 2 rings (SSSR count). The molecule has 3 N–H and O–H groups in total. The number of nitrogens with two attached hydrogens (primary N) is 1. The number of primary amides is 1. The van der Waals surface area contributed by atoms with Crippen LogP contribution in [-0.4, -0.2) is 16.6 Å². The van der Waals surface area contributed by atoms with E-state index in [4.69, 9.17) is 5.73 Å². The number of carbonyl (C=O) groups excluding carboxylic acids is 2. The summed E-state index contributed by atoms with van der Waals surface area (Å²) in [6.07, 6.45) is 0. The molecule has 0 bridgehead atoms. The fourth-order valence-corrected chi connectivity index (χ4v) is 2.39. The van der Waals surface area contributed by atoms with Crippen LogP contribution in [0.1, 0.15) is 6.92 Å². The quantitative estimate of drug-likeness (QED) is 0.695. The molecule has 2 amide bonds. The summed E-state index contributed by atoms with van der Waals surface area (Å²) in [7, 11) is 0. The summed E-state index contributed by atoms with van der Waals surface area (Å²) in [6.45, 7) is 1.53. The second-order valence-corrected chi connectivity index (χ2v) is 4.91. The Morgan fingerprint density at radius 2 is 2.13 bits per heavy atom. The van der Waals surface area contributed by atoms with Gasteiger partial charge in [0.25, 0.3) is 0 Å². The predicted octanol–water partition coefficient (Wildman–Crippen LogP) is 0.975. The lowest BCUT2D eigenvalue weighted by Crippen LogP contribution is -2.50. The van der Waals surface area contributed by atoms with E-state index in [1.807, 2.05) is 18.2 Å². The van der Waals surface area contributed by atoms with Crippen LogP contribution in [0.3, 0.4) is 0 Å². The van der Waals surface area contributed by atoms with Gasteiger partial charge in [-0.05, 0) is 19.1 Å². The van der Waals surface area contributed by atoms with Crippen LogP contribution in [0.2, 0.25) is 0 Å². The van der Waals surface area contributed by atoms with Crippen molar-refractivity contribution in [3.05, 3.63) is 24.3 Å². The van der Waals surface area contributed by atoms with Crippen molar-refractivity contribution in [3.63, 3.8) is 0 Å². The molecule has 0 fully saturated rings. The number of amides is 2. The fourth-order valence-electron chi connectivity index (χ4n) is 1.33. The molecule has 1 aliphatic heterocycles. The Labute approximate surface area is 91.2 Å². The third-order valence-electron chi connectivity index (χ3n) is 2.35. The average molecular weight is 222 g/mol. The predicted molar refractivity (Wildman–Crippen MR) is 58.5 cm³/mol. The fraction of sp³-hybridized carbons (Fsp3) is 0.200. The van der Waals surface area contributed by atoms with Crippen molar-refractivity contribution < 1.29 is 9.59 Å². The van der Waals surface area contributed by atoms with Crippen LogP contribution in [0.15, 0.2) is 29.2 Å². The Balaban J connectivity index is 2.46. The Bertz CT molecular complexity index is 447. The van der Waals surface area contributed by atoms with E-state index < -0.39 is 10.7 Å². The van der Waals surface area contributed by atoms with Gasteiger partial charge >= 0.3 is 0 Å². The van der Waals surface area contributed by atoms with Crippen LogP contribution in [0.5, 0.6) is 0 Å². The molecular formula is C10H10N2O2S. The molecule has 0 unspecified atom stereocenters. The van der Waals surface area contributed by atoms with Gasteiger partial charge in [-0.15, -0.1) is 0 Å². The van der Waals surface area contributed by atoms with E-state index in [1.165, 1.54) is 18.7 Å². The van der Waals surface area contributed by atoms with Gasteiger partial charge in [0, 0.05) is 4.90 Å². The third-order valence-corrected chi connectivity index (χ3v) is 3.72.